The van der Waals surface area contributed by atoms with Crippen LogP contribution in [0.2, 0.25) is 0 Å². The number of nitrogens with one attached hydrogen (secondary N) is 1. The van der Waals surface area contributed by atoms with E-state index in [9.17, 15) is 5.11 Å². The molecule has 0 bridgehead atoms. The minimum absolute atomic E-state index is 0. The lowest BCUT2D eigenvalue weighted by molar-refractivity contribution is -0.670. The molecule has 0 atom stereocenters. The molecule has 0 saturated carbocycles. The van der Waals surface area contributed by atoms with Crippen molar-refractivity contribution in [3.8, 4) is 5.75 Å². The Morgan fingerprint density at radius 2 is 1.94 bits per heavy atom. The van der Waals surface area contributed by atoms with E-state index in [0.717, 1.165) is 16.9 Å². The smallest absolute Gasteiger partial charge is 0.192 e. The molecule has 0 spiro atoms. The average molecular weight is 251 g/mol. The summed E-state index contributed by atoms with van der Waals surface area (Å²) < 4.78 is 1.97. The number of hydrogen-bond donors (Lipinski definition) is 2. The van der Waals surface area contributed by atoms with E-state index in [2.05, 4.69) is 5.32 Å². The highest BCUT2D eigenvalue weighted by Gasteiger charge is 2.01. The molecule has 0 radical (unpaired) electrons. The first-order chi connectivity index (χ1) is 7.65. The standard InChI is InChI=1S/C13H14N2O.ClH/c1-10-5-6-11(8-13(10)16)14-12-4-3-7-15(2)9-12;/h3-9,14H,1-2H3;1H. The summed E-state index contributed by atoms with van der Waals surface area (Å²) >= 11 is 0. The number of phenols is 1. The van der Waals surface area contributed by atoms with Crippen molar-refractivity contribution in [1.82, 2.24) is 0 Å². The van der Waals surface area contributed by atoms with E-state index in [4.69, 9.17) is 0 Å². The van der Waals surface area contributed by atoms with E-state index in [1.165, 1.54) is 0 Å². The first-order valence-corrected chi connectivity index (χ1v) is 5.17. The van der Waals surface area contributed by atoms with Gasteiger partial charge in [-0.3, -0.25) is 0 Å². The number of pyridine rings is 1. The van der Waals surface area contributed by atoms with Crippen LogP contribution in [0.4, 0.5) is 11.4 Å². The second-order valence-electron chi connectivity index (χ2n) is 3.88. The molecule has 0 aliphatic rings. The molecule has 2 N–H and O–H groups in total. The molecule has 0 aliphatic carbocycles. The maximum absolute atomic E-state index is 9.59. The second-order valence-corrected chi connectivity index (χ2v) is 3.88. The van der Waals surface area contributed by atoms with Gasteiger partial charge in [-0.15, -0.1) is 0 Å². The van der Waals surface area contributed by atoms with E-state index >= 15 is 0 Å². The van der Waals surface area contributed by atoms with Gasteiger partial charge in [0.15, 0.2) is 12.4 Å². The van der Waals surface area contributed by atoms with Crippen LogP contribution < -0.4 is 22.3 Å². The van der Waals surface area contributed by atoms with E-state index < -0.39 is 0 Å². The Balaban J connectivity index is 0.00000144. The normalized spacial score (nSPS) is 9.53. The van der Waals surface area contributed by atoms with Gasteiger partial charge in [0.2, 0.25) is 0 Å². The van der Waals surface area contributed by atoms with E-state index in [1.54, 1.807) is 6.07 Å². The van der Waals surface area contributed by atoms with Gasteiger partial charge in [0, 0.05) is 17.8 Å². The van der Waals surface area contributed by atoms with Gasteiger partial charge < -0.3 is 22.8 Å². The molecule has 0 unspecified atom stereocenters. The molecule has 0 saturated heterocycles. The summed E-state index contributed by atoms with van der Waals surface area (Å²) in [5.41, 5.74) is 2.76. The van der Waals surface area contributed by atoms with E-state index in [1.807, 2.05) is 55.2 Å². The molecule has 2 aromatic rings. The zero-order valence-electron chi connectivity index (χ0n) is 9.81. The van der Waals surface area contributed by atoms with Gasteiger partial charge in [0.05, 0.1) is 0 Å². The second kappa shape index (κ2) is 5.55. The number of aromatic hydroxyl groups is 1. The maximum atomic E-state index is 9.59. The number of hydrogen-bond acceptors (Lipinski definition) is 2. The van der Waals surface area contributed by atoms with Crippen LogP contribution in [-0.2, 0) is 7.05 Å². The molecular weight excluding hydrogens is 236 g/mol. The van der Waals surface area contributed by atoms with Crippen LogP contribution in [0.25, 0.3) is 0 Å². The highest BCUT2D eigenvalue weighted by atomic mass is 35.5. The number of aryl methyl sites for hydroxylation is 2. The average Bonchev–Trinajstić information content (AvgIpc) is 2.24. The zero-order valence-corrected chi connectivity index (χ0v) is 10.6. The maximum Gasteiger partial charge on any atom is 0.192 e. The molecule has 0 amide bonds. The van der Waals surface area contributed by atoms with Crippen LogP contribution in [0.15, 0.2) is 42.7 Å². The monoisotopic (exact) mass is 250 g/mol. The third-order valence-corrected chi connectivity index (χ3v) is 2.44. The van der Waals surface area contributed by atoms with Crippen molar-refractivity contribution < 1.29 is 22.1 Å². The molecular formula is C13H15ClN2O. The van der Waals surface area contributed by atoms with Gasteiger partial charge in [-0.25, -0.2) is 4.57 Å². The first-order valence-electron chi connectivity index (χ1n) is 5.17. The highest BCUT2D eigenvalue weighted by molar-refractivity contribution is 5.60. The summed E-state index contributed by atoms with van der Waals surface area (Å²) in [5.74, 6) is 0.310. The van der Waals surface area contributed by atoms with Crippen molar-refractivity contribution in [1.29, 1.82) is 0 Å². The van der Waals surface area contributed by atoms with Crippen molar-refractivity contribution in [2.75, 3.05) is 5.32 Å². The molecule has 0 fully saturated rings. The molecule has 1 heterocycles. The summed E-state index contributed by atoms with van der Waals surface area (Å²) in [7, 11) is 1.97. The number of nitrogens with zero attached hydrogens (tertiary/aromatic N) is 1. The van der Waals surface area contributed by atoms with E-state index in [-0.39, 0.29) is 12.4 Å². The summed E-state index contributed by atoms with van der Waals surface area (Å²) in [6.45, 7) is 1.88. The predicted octanol–water partition coefficient (Wildman–Crippen LogP) is -0.727. The van der Waals surface area contributed by atoms with Crippen LogP contribution in [0, 0.1) is 6.92 Å². The molecule has 4 heteroatoms. The topological polar surface area (TPSA) is 36.1 Å². The Morgan fingerprint density at radius 1 is 1.18 bits per heavy atom. The Labute approximate surface area is 107 Å². The van der Waals surface area contributed by atoms with Gasteiger partial charge in [-0.05, 0) is 24.6 Å². The minimum atomic E-state index is 0. The molecule has 1 aromatic carbocycles. The lowest BCUT2D eigenvalue weighted by Gasteiger charge is -2.06. The van der Waals surface area contributed by atoms with Crippen molar-refractivity contribution in [2.45, 2.75) is 6.92 Å². The van der Waals surface area contributed by atoms with Gasteiger partial charge in [0.1, 0.15) is 18.5 Å². The van der Waals surface area contributed by atoms with E-state index in [0.29, 0.717) is 5.75 Å². The summed E-state index contributed by atoms with van der Waals surface area (Å²) in [6, 6.07) is 9.51. The number of anilines is 2. The third-order valence-electron chi connectivity index (χ3n) is 2.44. The number of phenolic OH excluding ortho intramolecular Hbond substituents is 1. The Morgan fingerprint density at radius 3 is 2.59 bits per heavy atom. The summed E-state index contributed by atoms with van der Waals surface area (Å²) in [4.78, 5) is 0. The number of aromatic nitrogens is 1. The summed E-state index contributed by atoms with van der Waals surface area (Å²) in [6.07, 6.45) is 3.95. The lowest BCUT2D eigenvalue weighted by Crippen LogP contribution is -3.00. The fraction of sp³-hybridized carbons (Fsp3) is 0.154. The third kappa shape index (κ3) is 3.36. The molecule has 0 aliphatic heterocycles. The SMILES string of the molecule is Cc1ccc(Nc2ccc[n+](C)c2)cc1O.[Cl-]. The Bertz CT molecular complexity index is 515. The van der Waals surface area contributed by atoms with Crippen molar-refractivity contribution >= 4 is 11.4 Å². The summed E-state index contributed by atoms with van der Waals surface area (Å²) in [5, 5.41) is 12.8. The van der Waals surface area contributed by atoms with Crippen molar-refractivity contribution in [3.63, 3.8) is 0 Å². The van der Waals surface area contributed by atoms with Crippen LogP contribution in [0.3, 0.4) is 0 Å². The molecule has 3 nitrogen and oxygen atoms in total. The molecule has 17 heavy (non-hydrogen) atoms. The fourth-order valence-electron chi connectivity index (χ4n) is 1.52. The largest absolute Gasteiger partial charge is 1.00 e. The lowest BCUT2D eigenvalue weighted by atomic mass is 10.2. The van der Waals surface area contributed by atoms with Crippen LogP contribution in [-0.4, -0.2) is 5.11 Å². The molecule has 90 valence electrons. The minimum Gasteiger partial charge on any atom is -1.00 e. The van der Waals surface area contributed by atoms with Crippen LogP contribution in [0.5, 0.6) is 5.75 Å². The zero-order chi connectivity index (χ0) is 11.5. The number of benzene rings is 1. The van der Waals surface area contributed by atoms with Gasteiger partial charge in [-0.1, -0.05) is 6.07 Å². The van der Waals surface area contributed by atoms with Gasteiger partial charge in [0.25, 0.3) is 0 Å². The van der Waals surface area contributed by atoms with Crippen LogP contribution >= 0.6 is 0 Å². The molecule has 2 rings (SSSR count). The van der Waals surface area contributed by atoms with Crippen molar-refractivity contribution in [3.05, 3.63) is 48.3 Å². The van der Waals surface area contributed by atoms with Gasteiger partial charge in [-0.2, -0.15) is 0 Å². The number of halogens is 1. The van der Waals surface area contributed by atoms with Crippen LogP contribution in [0.1, 0.15) is 5.56 Å². The molecule has 1 aromatic heterocycles. The van der Waals surface area contributed by atoms with Crippen molar-refractivity contribution in [2.24, 2.45) is 7.05 Å². The quantitative estimate of drug-likeness (QED) is 0.690. The number of rotatable bonds is 2. The Hall–Kier alpha value is -1.74. The first kappa shape index (κ1) is 13.3. The van der Waals surface area contributed by atoms with Gasteiger partial charge >= 0.3 is 0 Å². The highest BCUT2D eigenvalue weighted by Crippen LogP contribution is 2.23. The Kier molecular flexibility index (Phi) is 4.35. The fourth-order valence-corrected chi connectivity index (χ4v) is 1.52. The predicted molar refractivity (Wildman–Crippen MR) is 63.7 cm³/mol.